The number of hydrogen-bond acceptors (Lipinski definition) is 5. The number of urea groups is 1. The van der Waals surface area contributed by atoms with E-state index in [9.17, 15) is 22.4 Å². The van der Waals surface area contributed by atoms with Gasteiger partial charge in [0.05, 0.1) is 17.9 Å². The number of fused-ring (bicyclic) bond motifs is 1. The standard InChI is InChI=1S/C21H18F4N4O3S/c1-12-5-4-6-14(26-12)11-28(3)18(30)27-19-29(10-13(2)33-19)15-7-8-16-17(9-15)32-21(24,25)20(22,23)31-16/h4-10H,11H2,1-3H3/b27-19-. The molecule has 0 saturated heterocycles. The van der Waals surface area contributed by atoms with E-state index in [1.807, 2.05) is 19.1 Å². The minimum absolute atomic E-state index is 0.238. The smallest absolute Gasteiger partial charge is 0.421 e. The number of carbonyl (C=O) groups excluding carboxylic acids is 1. The first-order valence-electron chi connectivity index (χ1n) is 9.65. The zero-order valence-electron chi connectivity index (χ0n) is 17.7. The first kappa shape index (κ1) is 22.8. The van der Waals surface area contributed by atoms with Crippen LogP contribution < -0.4 is 14.3 Å². The predicted octanol–water partition coefficient (Wildman–Crippen LogP) is 4.66. The van der Waals surface area contributed by atoms with Crippen molar-refractivity contribution in [3.8, 4) is 17.2 Å². The van der Waals surface area contributed by atoms with Crippen molar-refractivity contribution in [1.82, 2.24) is 14.5 Å². The van der Waals surface area contributed by atoms with Gasteiger partial charge in [-0.25, -0.2) is 4.79 Å². The van der Waals surface area contributed by atoms with E-state index in [2.05, 4.69) is 19.5 Å². The van der Waals surface area contributed by atoms with Gasteiger partial charge in [0.2, 0.25) is 0 Å². The van der Waals surface area contributed by atoms with Crippen LogP contribution in [-0.4, -0.2) is 39.7 Å². The van der Waals surface area contributed by atoms with Crippen LogP contribution >= 0.6 is 11.3 Å². The molecule has 7 nitrogen and oxygen atoms in total. The third kappa shape index (κ3) is 4.56. The largest absolute Gasteiger partial charge is 0.507 e. The van der Waals surface area contributed by atoms with Crippen LogP contribution in [0.3, 0.4) is 0 Å². The second kappa shape index (κ2) is 8.18. The fraction of sp³-hybridized carbons (Fsp3) is 0.286. The van der Waals surface area contributed by atoms with Gasteiger partial charge in [-0.2, -0.15) is 22.6 Å². The Morgan fingerprint density at radius 2 is 1.82 bits per heavy atom. The summed E-state index contributed by atoms with van der Waals surface area (Å²) in [6.07, 6.45) is -7.99. The zero-order valence-corrected chi connectivity index (χ0v) is 18.5. The Hall–Kier alpha value is -3.41. The van der Waals surface area contributed by atoms with Gasteiger partial charge >= 0.3 is 18.2 Å². The van der Waals surface area contributed by atoms with Crippen LogP contribution in [0.15, 0.2) is 47.6 Å². The van der Waals surface area contributed by atoms with Gasteiger partial charge in [-0.1, -0.05) is 6.07 Å². The second-order valence-corrected chi connectivity index (χ2v) is 8.60. The van der Waals surface area contributed by atoms with Crippen molar-refractivity contribution in [1.29, 1.82) is 0 Å². The van der Waals surface area contributed by atoms with E-state index < -0.39 is 29.7 Å². The van der Waals surface area contributed by atoms with Gasteiger partial charge in [-0.3, -0.25) is 9.55 Å². The minimum Gasteiger partial charge on any atom is -0.421 e. The lowest BCUT2D eigenvalue weighted by Gasteiger charge is -2.31. The van der Waals surface area contributed by atoms with Crippen molar-refractivity contribution < 1.29 is 31.8 Å². The van der Waals surface area contributed by atoms with E-state index in [0.717, 1.165) is 22.7 Å². The maximum absolute atomic E-state index is 13.6. The average molecular weight is 482 g/mol. The third-order valence-corrected chi connectivity index (χ3v) is 5.55. The molecule has 33 heavy (non-hydrogen) atoms. The van der Waals surface area contributed by atoms with E-state index in [4.69, 9.17) is 0 Å². The fourth-order valence-electron chi connectivity index (χ4n) is 3.09. The van der Waals surface area contributed by atoms with E-state index in [-0.39, 0.29) is 17.0 Å². The Morgan fingerprint density at radius 1 is 1.12 bits per heavy atom. The molecule has 0 spiro atoms. The van der Waals surface area contributed by atoms with Crippen LogP contribution in [0.5, 0.6) is 11.5 Å². The molecule has 12 heteroatoms. The molecule has 3 aromatic rings. The molecule has 0 bridgehead atoms. The van der Waals surface area contributed by atoms with E-state index in [0.29, 0.717) is 5.69 Å². The minimum atomic E-state index is -4.83. The Kier molecular flexibility index (Phi) is 5.64. The molecular weight excluding hydrogens is 464 g/mol. The van der Waals surface area contributed by atoms with Crippen LogP contribution in [0.2, 0.25) is 0 Å². The first-order valence-corrected chi connectivity index (χ1v) is 10.5. The van der Waals surface area contributed by atoms with Gasteiger partial charge in [-0.05, 0) is 38.1 Å². The van der Waals surface area contributed by atoms with Crippen LogP contribution in [0.25, 0.3) is 5.69 Å². The summed E-state index contributed by atoms with van der Waals surface area (Å²) in [5.74, 6) is -1.08. The molecule has 4 rings (SSSR count). The molecule has 0 aliphatic carbocycles. The molecule has 3 heterocycles. The predicted molar refractivity (Wildman–Crippen MR) is 111 cm³/mol. The quantitative estimate of drug-likeness (QED) is 0.510. The number of benzene rings is 1. The highest BCUT2D eigenvalue weighted by molar-refractivity contribution is 7.09. The number of halogens is 4. The highest BCUT2D eigenvalue weighted by Gasteiger charge is 2.65. The van der Waals surface area contributed by atoms with Gasteiger partial charge in [0.25, 0.3) is 0 Å². The van der Waals surface area contributed by atoms with Crippen LogP contribution in [-0.2, 0) is 6.54 Å². The second-order valence-electron chi connectivity index (χ2n) is 7.38. The van der Waals surface area contributed by atoms with Crippen molar-refractivity contribution in [3.05, 3.63) is 63.7 Å². The fourth-order valence-corrected chi connectivity index (χ4v) is 3.92. The van der Waals surface area contributed by atoms with Crippen LogP contribution in [0, 0.1) is 13.8 Å². The van der Waals surface area contributed by atoms with Crippen molar-refractivity contribution in [2.24, 2.45) is 4.99 Å². The Labute approximate surface area is 189 Å². The molecule has 2 amide bonds. The number of ether oxygens (including phenoxy) is 2. The van der Waals surface area contributed by atoms with Crippen molar-refractivity contribution in [3.63, 3.8) is 0 Å². The van der Waals surface area contributed by atoms with E-state index in [1.54, 1.807) is 26.2 Å². The Balaban J connectivity index is 1.64. The number of aromatic nitrogens is 2. The molecule has 0 fully saturated rings. The number of carbonyl (C=O) groups is 1. The summed E-state index contributed by atoms with van der Waals surface area (Å²) in [6, 6.07) is 8.52. The first-order chi connectivity index (χ1) is 15.4. The van der Waals surface area contributed by atoms with Crippen molar-refractivity contribution in [2.45, 2.75) is 32.6 Å². The average Bonchev–Trinajstić information content (AvgIpc) is 3.08. The number of alkyl halides is 4. The van der Waals surface area contributed by atoms with E-state index >= 15 is 0 Å². The highest BCUT2D eigenvalue weighted by atomic mass is 32.1. The molecule has 0 unspecified atom stereocenters. The molecule has 1 aromatic carbocycles. The summed E-state index contributed by atoms with van der Waals surface area (Å²) in [5, 5.41) is 0. The number of rotatable bonds is 3. The van der Waals surface area contributed by atoms with Gasteiger partial charge < -0.3 is 14.4 Å². The summed E-state index contributed by atoms with van der Waals surface area (Å²) < 4.78 is 63.7. The summed E-state index contributed by atoms with van der Waals surface area (Å²) in [5.41, 5.74) is 1.79. The summed E-state index contributed by atoms with van der Waals surface area (Å²) in [7, 11) is 1.58. The number of aryl methyl sites for hydroxylation is 2. The lowest BCUT2D eigenvalue weighted by molar-refractivity contribution is -0.391. The number of thiazole rings is 1. The lowest BCUT2D eigenvalue weighted by atomic mass is 10.2. The lowest BCUT2D eigenvalue weighted by Crippen LogP contribution is -2.52. The Bertz CT molecular complexity index is 1290. The topological polar surface area (TPSA) is 69.0 Å². The zero-order chi connectivity index (χ0) is 24.0. The molecule has 0 atom stereocenters. The number of pyridine rings is 1. The summed E-state index contributed by atoms with van der Waals surface area (Å²) >= 11 is 1.19. The maximum Gasteiger partial charge on any atom is 0.507 e. The third-order valence-electron chi connectivity index (χ3n) is 4.65. The van der Waals surface area contributed by atoms with E-state index in [1.165, 1.54) is 26.9 Å². The Morgan fingerprint density at radius 3 is 2.52 bits per heavy atom. The summed E-state index contributed by atoms with van der Waals surface area (Å²) in [6.45, 7) is 3.86. The normalized spacial score (nSPS) is 16.5. The molecular formula is C21H18F4N4O3S. The molecule has 1 aliphatic heterocycles. The highest BCUT2D eigenvalue weighted by Crippen LogP contribution is 2.47. The number of hydrogen-bond donors (Lipinski definition) is 0. The van der Waals surface area contributed by atoms with Crippen LogP contribution in [0.1, 0.15) is 16.3 Å². The molecule has 2 aromatic heterocycles. The molecule has 174 valence electrons. The van der Waals surface area contributed by atoms with Crippen molar-refractivity contribution >= 4 is 17.4 Å². The van der Waals surface area contributed by atoms with Crippen LogP contribution in [0.4, 0.5) is 22.4 Å². The number of amides is 2. The molecule has 0 saturated carbocycles. The van der Waals surface area contributed by atoms with Crippen molar-refractivity contribution in [2.75, 3.05) is 7.05 Å². The molecule has 1 aliphatic rings. The maximum atomic E-state index is 13.6. The number of nitrogens with zero attached hydrogens (tertiary/aromatic N) is 4. The molecule has 0 N–H and O–H groups in total. The van der Waals surface area contributed by atoms with Gasteiger partial charge in [0.1, 0.15) is 0 Å². The van der Waals surface area contributed by atoms with Gasteiger partial charge in [0, 0.05) is 29.9 Å². The molecule has 0 radical (unpaired) electrons. The summed E-state index contributed by atoms with van der Waals surface area (Å²) in [4.78, 5) is 23.6. The van der Waals surface area contributed by atoms with Gasteiger partial charge in [-0.15, -0.1) is 11.3 Å². The SMILES string of the molecule is Cc1cccc(CN(C)C(=O)/N=c2\sc(C)cn2-c2ccc3c(c2)OC(F)(F)C(F)(F)O3)n1. The monoisotopic (exact) mass is 482 g/mol. The van der Waals surface area contributed by atoms with Gasteiger partial charge in [0.15, 0.2) is 16.3 Å².